The summed E-state index contributed by atoms with van der Waals surface area (Å²) in [7, 11) is 3.15. The lowest BCUT2D eigenvalue weighted by Gasteiger charge is -2.12. The van der Waals surface area contributed by atoms with Gasteiger partial charge in [-0.05, 0) is 25.1 Å². The summed E-state index contributed by atoms with van der Waals surface area (Å²) in [6.45, 7) is 1.80. The number of hydrogen-bond acceptors (Lipinski definition) is 8. The second kappa shape index (κ2) is 6.52. The molecule has 2 N–H and O–H groups in total. The van der Waals surface area contributed by atoms with E-state index in [9.17, 15) is 0 Å². The Bertz CT molecular complexity index is 1130. The maximum Gasteiger partial charge on any atom is 0.225 e. The zero-order chi connectivity index (χ0) is 19.0. The van der Waals surface area contributed by atoms with Gasteiger partial charge in [-0.25, -0.2) is 9.97 Å². The molecule has 0 spiro atoms. The normalized spacial score (nSPS) is 10.9. The third-order valence-electron chi connectivity index (χ3n) is 4.02. The lowest BCUT2D eigenvalue weighted by molar-refractivity contribution is 0.355. The molecule has 0 radical (unpaired) electrons. The Morgan fingerprint density at radius 2 is 1.78 bits per heavy atom. The van der Waals surface area contributed by atoms with Crippen LogP contribution in [0.1, 0.15) is 5.82 Å². The molecule has 0 amide bonds. The van der Waals surface area contributed by atoms with E-state index in [1.807, 2.05) is 18.2 Å². The summed E-state index contributed by atoms with van der Waals surface area (Å²) in [5.74, 6) is 2.82. The first-order valence-corrected chi connectivity index (χ1v) is 8.15. The molecule has 1 aromatic carbocycles. The summed E-state index contributed by atoms with van der Waals surface area (Å²) >= 11 is 0. The van der Waals surface area contributed by atoms with Gasteiger partial charge in [-0.3, -0.25) is 4.98 Å². The molecule has 136 valence electrons. The van der Waals surface area contributed by atoms with Gasteiger partial charge in [-0.2, -0.15) is 9.67 Å². The van der Waals surface area contributed by atoms with E-state index < -0.39 is 0 Å². The van der Waals surface area contributed by atoms with Gasteiger partial charge in [0.25, 0.3) is 0 Å². The fourth-order valence-corrected chi connectivity index (χ4v) is 2.80. The number of hydrogen-bond donors (Lipinski definition) is 1. The van der Waals surface area contributed by atoms with Crippen LogP contribution in [0.15, 0.2) is 36.5 Å². The Kier molecular flexibility index (Phi) is 4.03. The van der Waals surface area contributed by atoms with Crippen LogP contribution in [0.2, 0.25) is 0 Å². The maximum absolute atomic E-state index is 6.12. The number of rotatable bonds is 4. The van der Waals surface area contributed by atoms with E-state index in [0.717, 1.165) is 0 Å². The van der Waals surface area contributed by atoms with Gasteiger partial charge in [0.2, 0.25) is 11.8 Å². The second-order valence-corrected chi connectivity index (χ2v) is 5.74. The first-order valence-electron chi connectivity index (χ1n) is 8.15. The number of nitrogens with two attached hydrogens (primary N) is 1. The molecule has 9 heteroatoms. The van der Waals surface area contributed by atoms with Crippen LogP contribution >= 0.6 is 0 Å². The molecule has 0 bridgehead atoms. The zero-order valence-electron chi connectivity index (χ0n) is 15.0. The van der Waals surface area contributed by atoms with Crippen LogP contribution < -0.4 is 15.2 Å². The molecule has 27 heavy (non-hydrogen) atoms. The molecule has 0 fully saturated rings. The number of pyridine rings is 1. The number of aromatic nitrogens is 6. The van der Waals surface area contributed by atoms with Crippen LogP contribution in [0.4, 0.5) is 5.95 Å². The minimum Gasteiger partial charge on any atom is -0.493 e. The third kappa shape index (κ3) is 2.88. The monoisotopic (exact) mass is 363 g/mol. The largest absolute Gasteiger partial charge is 0.493 e. The summed E-state index contributed by atoms with van der Waals surface area (Å²) in [5.41, 5.74) is 7.43. The van der Waals surface area contributed by atoms with E-state index in [-0.39, 0.29) is 5.95 Å². The molecule has 0 aliphatic rings. The van der Waals surface area contributed by atoms with Crippen LogP contribution in [-0.2, 0) is 0 Å². The van der Waals surface area contributed by atoms with Gasteiger partial charge in [0.1, 0.15) is 11.5 Å². The van der Waals surface area contributed by atoms with Gasteiger partial charge >= 0.3 is 0 Å². The topological polar surface area (TPSA) is 114 Å². The van der Waals surface area contributed by atoms with Crippen LogP contribution in [0.5, 0.6) is 11.5 Å². The van der Waals surface area contributed by atoms with Crippen LogP contribution in [0.3, 0.4) is 0 Å². The Labute approximate surface area is 154 Å². The van der Waals surface area contributed by atoms with Crippen molar-refractivity contribution in [3.05, 3.63) is 42.4 Å². The molecule has 0 unspecified atom stereocenters. The third-order valence-corrected chi connectivity index (χ3v) is 4.02. The van der Waals surface area contributed by atoms with Crippen molar-refractivity contribution in [2.24, 2.45) is 0 Å². The summed E-state index contributed by atoms with van der Waals surface area (Å²) in [4.78, 5) is 17.6. The van der Waals surface area contributed by atoms with Crippen molar-refractivity contribution in [1.82, 2.24) is 29.7 Å². The van der Waals surface area contributed by atoms with Gasteiger partial charge in [0.05, 0.1) is 19.7 Å². The zero-order valence-corrected chi connectivity index (χ0v) is 15.0. The molecule has 3 heterocycles. The predicted molar refractivity (Wildman–Crippen MR) is 99.9 cm³/mol. The van der Waals surface area contributed by atoms with Gasteiger partial charge < -0.3 is 15.2 Å². The van der Waals surface area contributed by atoms with Crippen LogP contribution in [0, 0.1) is 6.92 Å². The number of fused-ring (bicyclic) bond motifs is 1. The Balaban J connectivity index is 1.95. The van der Waals surface area contributed by atoms with Gasteiger partial charge in [0, 0.05) is 17.6 Å². The van der Waals surface area contributed by atoms with Crippen molar-refractivity contribution in [3.8, 4) is 28.8 Å². The Morgan fingerprint density at radius 3 is 2.48 bits per heavy atom. The van der Waals surface area contributed by atoms with E-state index in [2.05, 4.69) is 25.0 Å². The van der Waals surface area contributed by atoms with Crippen molar-refractivity contribution in [2.45, 2.75) is 6.92 Å². The summed E-state index contributed by atoms with van der Waals surface area (Å²) < 4.78 is 12.2. The highest BCUT2D eigenvalue weighted by Gasteiger charge is 2.18. The highest BCUT2D eigenvalue weighted by Crippen LogP contribution is 2.34. The van der Waals surface area contributed by atoms with Gasteiger partial charge in [-0.15, -0.1) is 5.10 Å². The minimum absolute atomic E-state index is 0.199. The number of methoxy groups -OCH3 is 2. The van der Waals surface area contributed by atoms with Crippen molar-refractivity contribution < 1.29 is 9.47 Å². The standard InChI is InChI=1S/C18H17N7O2/c1-10-21-13-9-15(27-3)14(26-2)8-11(13)17(22-10)25-18(19)23-16(24-25)12-6-4-5-7-20-12/h4-9H,1-3H3,(H2,19,23,24). The Morgan fingerprint density at radius 1 is 1.00 bits per heavy atom. The molecular formula is C18H17N7O2. The average Bonchev–Trinajstić information content (AvgIpc) is 3.08. The number of benzene rings is 1. The van der Waals surface area contributed by atoms with Crippen LogP contribution in [-0.4, -0.2) is 43.9 Å². The smallest absolute Gasteiger partial charge is 0.225 e. The average molecular weight is 363 g/mol. The van der Waals surface area contributed by atoms with Crippen LogP contribution in [0.25, 0.3) is 28.2 Å². The number of nitrogen functional groups attached to an aromatic ring is 1. The summed E-state index contributed by atoms with van der Waals surface area (Å²) in [6.07, 6.45) is 1.67. The molecule has 3 aromatic heterocycles. The van der Waals surface area contributed by atoms with E-state index in [4.69, 9.17) is 15.2 Å². The molecule has 4 aromatic rings. The molecule has 0 aliphatic heterocycles. The number of anilines is 1. The van der Waals surface area contributed by atoms with E-state index >= 15 is 0 Å². The molecule has 0 atom stereocenters. The number of nitrogens with zero attached hydrogens (tertiary/aromatic N) is 6. The molecule has 0 aliphatic carbocycles. The second-order valence-electron chi connectivity index (χ2n) is 5.74. The molecule has 0 saturated carbocycles. The number of aryl methyl sites for hydroxylation is 1. The quantitative estimate of drug-likeness (QED) is 0.587. The first kappa shape index (κ1) is 16.7. The Hall–Kier alpha value is -3.75. The first-order chi connectivity index (χ1) is 13.1. The van der Waals surface area contributed by atoms with Crippen molar-refractivity contribution >= 4 is 16.9 Å². The van der Waals surface area contributed by atoms with E-state index in [1.165, 1.54) is 4.68 Å². The van der Waals surface area contributed by atoms with Crippen molar-refractivity contribution in [3.63, 3.8) is 0 Å². The predicted octanol–water partition coefficient (Wildman–Crippen LogP) is 2.18. The summed E-state index contributed by atoms with van der Waals surface area (Å²) in [5, 5.41) is 5.21. The molecule has 4 rings (SSSR count). The van der Waals surface area contributed by atoms with E-state index in [0.29, 0.717) is 45.6 Å². The summed E-state index contributed by atoms with van der Waals surface area (Å²) in [6, 6.07) is 9.09. The fraction of sp³-hybridized carbons (Fsp3) is 0.167. The number of ether oxygens (including phenoxy) is 2. The molecule has 0 saturated heterocycles. The van der Waals surface area contributed by atoms with Crippen molar-refractivity contribution in [1.29, 1.82) is 0 Å². The lowest BCUT2D eigenvalue weighted by atomic mass is 10.2. The minimum atomic E-state index is 0.199. The highest BCUT2D eigenvalue weighted by molar-refractivity contribution is 5.89. The fourth-order valence-electron chi connectivity index (χ4n) is 2.80. The van der Waals surface area contributed by atoms with Gasteiger partial charge in [0.15, 0.2) is 17.3 Å². The van der Waals surface area contributed by atoms with Crippen molar-refractivity contribution in [2.75, 3.05) is 20.0 Å². The highest BCUT2D eigenvalue weighted by atomic mass is 16.5. The maximum atomic E-state index is 6.12. The molecular weight excluding hydrogens is 346 g/mol. The van der Waals surface area contributed by atoms with E-state index in [1.54, 1.807) is 39.5 Å². The molecule has 9 nitrogen and oxygen atoms in total. The lowest BCUT2D eigenvalue weighted by Crippen LogP contribution is -2.08. The van der Waals surface area contributed by atoms with Gasteiger partial charge in [-0.1, -0.05) is 6.07 Å². The SMILES string of the molecule is COc1cc2nc(C)nc(-n3nc(-c4ccccn4)nc3N)c2cc1OC.